The number of rotatable bonds is 1. The van der Waals surface area contributed by atoms with E-state index in [0.29, 0.717) is 5.82 Å². The minimum absolute atomic E-state index is 0.495. The summed E-state index contributed by atoms with van der Waals surface area (Å²) in [7, 11) is 0. The maximum atomic E-state index is 5.47. The van der Waals surface area contributed by atoms with Crippen molar-refractivity contribution in [3.8, 4) is 0 Å². The highest BCUT2D eigenvalue weighted by atomic mass is 15.2. The smallest absolute Gasteiger partial charge is 0.148 e. The van der Waals surface area contributed by atoms with E-state index in [1.54, 1.807) is 6.20 Å². The molecule has 0 radical (unpaired) electrons. The van der Waals surface area contributed by atoms with Crippen molar-refractivity contribution in [1.29, 1.82) is 0 Å². The van der Waals surface area contributed by atoms with Crippen molar-refractivity contribution in [1.82, 2.24) is 10.2 Å². The fraction of sp³-hybridized carbons (Fsp3) is 0.429. The lowest BCUT2D eigenvalue weighted by Crippen LogP contribution is -2.37. The van der Waals surface area contributed by atoms with Crippen LogP contribution in [-0.4, -0.2) is 23.3 Å². The van der Waals surface area contributed by atoms with Gasteiger partial charge in [-0.2, -0.15) is 5.10 Å². The second kappa shape index (κ2) is 2.38. The van der Waals surface area contributed by atoms with Crippen LogP contribution in [0.2, 0.25) is 0 Å². The maximum Gasteiger partial charge on any atom is 0.148 e. The van der Waals surface area contributed by atoms with Crippen molar-refractivity contribution in [2.24, 2.45) is 0 Å². The van der Waals surface area contributed by atoms with Crippen molar-refractivity contribution < 1.29 is 0 Å². The highest BCUT2D eigenvalue weighted by Crippen LogP contribution is 2.19. The summed E-state index contributed by atoms with van der Waals surface area (Å²) >= 11 is 0. The van der Waals surface area contributed by atoms with Crippen LogP contribution in [0.5, 0.6) is 0 Å². The molecule has 0 amide bonds. The standard InChI is InChI=1S/C7H10N4/c8-7-4-6(5-9-10-7)11-2-1-3-11/h4-5H,1-3H2,(H2,8,10). The van der Waals surface area contributed by atoms with Crippen molar-refractivity contribution in [3.63, 3.8) is 0 Å². The molecule has 11 heavy (non-hydrogen) atoms. The monoisotopic (exact) mass is 150 g/mol. The van der Waals surface area contributed by atoms with Crippen molar-refractivity contribution in [3.05, 3.63) is 12.3 Å². The van der Waals surface area contributed by atoms with Gasteiger partial charge in [0, 0.05) is 19.2 Å². The van der Waals surface area contributed by atoms with E-state index < -0.39 is 0 Å². The fourth-order valence-corrected chi connectivity index (χ4v) is 1.12. The summed E-state index contributed by atoms with van der Waals surface area (Å²) < 4.78 is 0. The van der Waals surface area contributed by atoms with Gasteiger partial charge in [0.25, 0.3) is 0 Å². The number of hydrogen-bond donors (Lipinski definition) is 1. The van der Waals surface area contributed by atoms with E-state index in [2.05, 4.69) is 15.1 Å². The van der Waals surface area contributed by atoms with E-state index in [4.69, 9.17) is 5.73 Å². The first-order valence-corrected chi connectivity index (χ1v) is 3.69. The third-order valence-electron chi connectivity index (χ3n) is 1.88. The second-order valence-electron chi connectivity index (χ2n) is 2.68. The first-order valence-electron chi connectivity index (χ1n) is 3.69. The number of nitrogens with two attached hydrogens (primary N) is 1. The zero-order valence-corrected chi connectivity index (χ0v) is 6.20. The van der Waals surface area contributed by atoms with Crippen LogP contribution in [0.4, 0.5) is 11.5 Å². The number of aromatic nitrogens is 2. The van der Waals surface area contributed by atoms with Crippen molar-refractivity contribution in [2.75, 3.05) is 23.7 Å². The predicted molar refractivity (Wildman–Crippen MR) is 43.3 cm³/mol. The zero-order chi connectivity index (χ0) is 7.68. The largest absolute Gasteiger partial charge is 0.382 e. The minimum atomic E-state index is 0.495. The third kappa shape index (κ3) is 1.11. The summed E-state index contributed by atoms with van der Waals surface area (Å²) in [5.74, 6) is 0.495. The van der Waals surface area contributed by atoms with Gasteiger partial charge in [0.05, 0.1) is 11.9 Å². The Morgan fingerprint density at radius 2 is 2.27 bits per heavy atom. The van der Waals surface area contributed by atoms with E-state index in [1.807, 2.05) is 6.07 Å². The molecule has 2 heterocycles. The van der Waals surface area contributed by atoms with Gasteiger partial charge in [0.15, 0.2) is 0 Å². The normalized spacial score (nSPS) is 16.2. The van der Waals surface area contributed by atoms with Crippen molar-refractivity contribution >= 4 is 11.5 Å². The molecule has 0 bridgehead atoms. The molecule has 0 unspecified atom stereocenters. The predicted octanol–water partition coefficient (Wildman–Crippen LogP) is 0.269. The minimum Gasteiger partial charge on any atom is -0.382 e. The maximum absolute atomic E-state index is 5.47. The average molecular weight is 150 g/mol. The molecule has 1 saturated heterocycles. The van der Waals surface area contributed by atoms with Gasteiger partial charge in [-0.1, -0.05) is 0 Å². The average Bonchev–Trinajstić information content (AvgIpc) is 1.83. The molecule has 0 atom stereocenters. The molecule has 1 aliphatic heterocycles. The Labute approximate surface area is 65.0 Å². The Hall–Kier alpha value is -1.32. The van der Waals surface area contributed by atoms with Crippen LogP contribution >= 0.6 is 0 Å². The fourth-order valence-electron chi connectivity index (χ4n) is 1.12. The summed E-state index contributed by atoms with van der Waals surface area (Å²) in [4.78, 5) is 2.23. The Balaban J connectivity index is 2.23. The van der Waals surface area contributed by atoms with Gasteiger partial charge < -0.3 is 10.6 Å². The van der Waals surface area contributed by atoms with Gasteiger partial charge in [-0.25, -0.2) is 0 Å². The van der Waals surface area contributed by atoms with Gasteiger partial charge in [-0.15, -0.1) is 5.10 Å². The van der Waals surface area contributed by atoms with Crippen LogP contribution in [0.3, 0.4) is 0 Å². The summed E-state index contributed by atoms with van der Waals surface area (Å²) in [6.45, 7) is 2.23. The Morgan fingerprint density at radius 3 is 2.82 bits per heavy atom. The van der Waals surface area contributed by atoms with E-state index >= 15 is 0 Å². The SMILES string of the molecule is Nc1cc(N2CCC2)cnn1. The summed E-state index contributed by atoms with van der Waals surface area (Å²) in [5.41, 5.74) is 6.56. The van der Waals surface area contributed by atoms with Gasteiger partial charge in [0.2, 0.25) is 0 Å². The number of anilines is 2. The molecule has 58 valence electrons. The summed E-state index contributed by atoms with van der Waals surface area (Å²) in [5, 5.41) is 7.45. The lowest BCUT2D eigenvalue weighted by Gasteiger charge is -2.32. The van der Waals surface area contributed by atoms with Crippen LogP contribution in [0.15, 0.2) is 12.3 Å². The highest BCUT2D eigenvalue weighted by molar-refractivity contribution is 5.51. The van der Waals surface area contributed by atoms with Gasteiger partial charge in [-0.3, -0.25) is 0 Å². The van der Waals surface area contributed by atoms with Gasteiger partial charge in [0.1, 0.15) is 5.82 Å². The van der Waals surface area contributed by atoms with Crippen LogP contribution in [0.25, 0.3) is 0 Å². The molecule has 1 aliphatic rings. The summed E-state index contributed by atoms with van der Waals surface area (Å²) in [6.07, 6.45) is 3.01. The number of nitrogen functional groups attached to an aromatic ring is 1. The van der Waals surface area contributed by atoms with Crippen LogP contribution < -0.4 is 10.6 Å². The van der Waals surface area contributed by atoms with Crippen LogP contribution in [0, 0.1) is 0 Å². The second-order valence-corrected chi connectivity index (χ2v) is 2.68. The molecular formula is C7H10N4. The van der Waals surface area contributed by atoms with Gasteiger partial charge >= 0.3 is 0 Å². The van der Waals surface area contributed by atoms with Crippen molar-refractivity contribution in [2.45, 2.75) is 6.42 Å². The number of hydrogen-bond acceptors (Lipinski definition) is 4. The Kier molecular flexibility index (Phi) is 1.38. The molecule has 1 aromatic heterocycles. The van der Waals surface area contributed by atoms with E-state index in [0.717, 1.165) is 18.8 Å². The topological polar surface area (TPSA) is 55.0 Å². The molecule has 4 nitrogen and oxygen atoms in total. The molecule has 0 aromatic carbocycles. The Bertz CT molecular complexity index is 256. The van der Waals surface area contributed by atoms with E-state index in [1.165, 1.54) is 6.42 Å². The lowest BCUT2D eigenvalue weighted by atomic mass is 10.2. The quantitative estimate of drug-likeness (QED) is 0.624. The van der Waals surface area contributed by atoms with Crippen LogP contribution in [-0.2, 0) is 0 Å². The highest BCUT2D eigenvalue weighted by Gasteiger charge is 2.14. The molecule has 0 spiro atoms. The molecule has 0 aliphatic carbocycles. The Morgan fingerprint density at radius 1 is 1.45 bits per heavy atom. The first-order chi connectivity index (χ1) is 5.36. The first kappa shape index (κ1) is 6.39. The molecule has 1 fully saturated rings. The molecule has 4 heteroatoms. The van der Waals surface area contributed by atoms with E-state index in [9.17, 15) is 0 Å². The molecule has 0 saturated carbocycles. The number of nitrogens with zero attached hydrogens (tertiary/aromatic N) is 3. The third-order valence-corrected chi connectivity index (χ3v) is 1.88. The lowest BCUT2D eigenvalue weighted by molar-refractivity contribution is 0.616. The molecular weight excluding hydrogens is 140 g/mol. The molecule has 1 aromatic rings. The zero-order valence-electron chi connectivity index (χ0n) is 6.20. The van der Waals surface area contributed by atoms with Crippen LogP contribution in [0.1, 0.15) is 6.42 Å². The summed E-state index contributed by atoms with van der Waals surface area (Å²) in [6, 6.07) is 1.85. The molecule has 2 N–H and O–H groups in total. The molecule has 2 rings (SSSR count). The van der Waals surface area contributed by atoms with Gasteiger partial charge in [-0.05, 0) is 6.42 Å². The van der Waals surface area contributed by atoms with E-state index in [-0.39, 0.29) is 0 Å².